The molecular weight excluding hydrogens is 446 g/mol. The summed E-state index contributed by atoms with van der Waals surface area (Å²) in [5, 5.41) is 7.57. The molecule has 2 aromatic heterocycles. The van der Waals surface area contributed by atoms with Crippen molar-refractivity contribution in [2.24, 2.45) is 0 Å². The molecule has 0 radical (unpaired) electrons. The Morgan fingerprint density at radius 3 is 1.67 bits per heavy atom. The van der Waals surface area contributed by atoms with Crippen molar-refractivity contribution in [3.63, 3.8) is 0 Å². The second-order valence-electron chi connectivity index (χ2n) is 7.70. The standard InChI is InChI=1S/C24H24F2N4O2S/c25-17-1-3-19-15(11-29-21(19)9-17)5-7-27-23(31)13-33-14-24(32)28-8-6-16-12-30-22-10-18(26)2-4-20(16)22/h1-4,9-12,29-30H,5-8,13-14H2,(H,27,31)(H,28,32). The molecule has 33 heavy (non-hydrogen) atoms. The Kier molecular flexibility index (Phi) is 7.29. The maximum atomic E-state index is 13.3. The summed E-state index contributed by atoms with van der Waals surface area (Å²) < 4.78 is 26.5. The smallest absolute Gasteiger partial charge is 0.230 e. The maximum absolute atomic E-state index is 13.3. The van der Waals surface area contributed by atoms with E-state index < -0.39 is 0 Å². The minimum Gasteiger partial charge on any atom is -0.361 e. The third kappa shape index (κ3) is 5.92. The van der Waals surface area contributed by atoms with Crippen LogP contribution in [0.15, 0.2) is 48.8 Å². The molecule has 2 heterocycles. The molecule has 4 aromatic rings. The largest absolute Gasteiger partial charge is 0.361 e. The number of fused-ring (bicyclic) bond motifs is 2. The number of rotatable bonds is 10. The molecule has 0 unspecified atom stereocenters. The fourth-order valence-corrected chi connectivity index (χ4v) is 4.42. The molecule has 2 aromatic carbocycles. The molecule has 0 aliphatic carbocycles. The summed E-state index contributed by atoms with van der Waals surface area (Å²) >= 11 is 1.25. The van der Waals surface area contributed by atoms with Gasteiger partial charge in [0, 0.05) is 47.3 Å². The van der Waals surface area contributed by atoms with Crippen LogP contribution in [0.1, 0.15) is 11.1 Å². The Labute approximate surface area is 193 Å². The molecule has 4 N–H and O–H groups in total. The lowest BCUT2D eigenvalue weighted by molar-refractivity contribution is -0.118. The molecule has 0 bridgehead atoms. The number of carbonyl (C=O) groups excluding carboxylic acids is 2. The quantitative estimate of drug-likeness (QED) is 0.285. The second kappa shape index (κ2) is 10.5. The van der Waals surface area contributed by atoms with Gasteiger partial charge in [0.1, 0.15) is 11.6 Å². The van der Waals surface area contributed by atoms with Crippen LogP contribution in [0.4, 0.5) is 8.78 Å². The highest BCUT2D eigenvalue weighted by molar-refractivity contribution is 8.00. The van der Waals surface area contributed by atoms with Gasteiger partial charge < -0.3 is 20.6 Å². The molecule has 4 rings (SSSR count). The molecule has 0 aliphatic rings. The maximum Gasteiger partial charge on any atom is 0.230 e. The summed E-state index contributed by atoms with van der Waals surface area (Å²) in [6, 6.07) is 9.18. The van der Waals surface area contributed by atoms with Gasteiger partial charge in [0.05, 0.1) is 11.5 Å². The van der Waals surface area contributed by atoms with E-state index in [9.17, 15) is 18.4 Å². The van der Waals surface area contributed by atoms with Crippen molar-refractivity contribution in [2.45, 2.75) is 12.8 Å². The van der Waals surface area contributed by atoms with Crippen LogP contribution < -0.4 is 10.6 Å². The predicted octanol–water partition coefficient (Wildman–Crippen LogP) is 3.68. The van der Waals surface area contributed by atoms with E-state index in [1.165, 1.54) is 36.0 Å². The third-order valence-electron chi connectivity index (χ3n) is 5.36. The Morgan fingerprint density at radius 1 is 0.758 bits per heavy atom. The van der Waals surface area contributed by atoms with E-state index in [4.69, 9.17) is 0 Å². The van der Waals surface area contributed by atoms with Gasteiger partial charge in [0.15, 0.2) is 0 Å². The highest BCUT2D eigenvalue weighted by Crippen LogP contribution is 2.20. The number of nitrogens with one attached hydrogen (secondary N) is 4. The highest BCUT2D eigenvalue weighted by Gasteiger charge is 2.09. The van der Waals surface area contributed by atoms with E-state index in [0.29, 0.717) is 25.9 Å². The number of thioether (sulfide) groups is 1. The van der Waals surface area contributed by atoms with Gasteiger partial charge in [-0.2, -0.15) is 0 Å². The van der Waals surface area contributed by atoms with Crippen LogP contribution in [0.2, 0.25) is 0 Å². The van der Waals surface area contributed by atoms with Crippen LogP contribution in [0.5, 0.6) is 0 Å². The van der Waals surface area contributed by atoms with Crippen molar-refractivity contribution in [1.82, 2.24) is 20.6 Å². The van der Waals surface area contributed by atoms with E-state index in [1.54, 1.807) is 12.1 Å². The van der Waals surface area contributed by atoms with Crippen LogP contribution in [0, 0.1) is 11.6 Å². The number of aromatic amines is 2. The third-order valence-corrected chi connectivity index (χ3v) is 6.29. The molecule has 172 valence electrons. The number of aromatic nitrogens is 2. The summed E-state index contributed by atoms with van der Waals surface area (Å²) in [5.74, 6) is -0.463. The van der Waals surface area contributed by atoms with Gasteiger partial charge in [-0.05, 0) is 60.4 Å². The Balaban J connectivity index is 1.11. The van der Waals surface area contributed by atoms with E-state index in [1.807, 2.05) is 12.4 Å². The lowest BCUT2D eigenvalue weighted by Gasteiger charge is -2.06. The van der Waals surface area contributed by atoms with Crippen molar-refractivity contribution in [3.8, 4) is 0 Å². The van der Waals surface area contributed by atoms with E-state index in [2.05, 4.69) is 20.6 Å². The number of hydrogen-bond acceptors (Lipinski definition) is 3. The number of H-pyrrole nitrogens is 2. The summed E-state index contributed by atoms with van der Waals surface area (Å²) in [6.45, 7) is 0.925. The number of hydrogen-bond donors (Lipinski definition) is 4. The number of amides is 2. The van der Waals surface area contributed by atoms with Crippen LogP contribution in [0.25, 0.3) is 21.8 Å². The normalized spacial score (nSPS) is 11.2. The highest BCUT2D eigenvalue weighted by atomic mass is 32.2. The van der Waals surface area contributed by atoms with Crippen LogP contribution in [0.3, 0.4) is 0 Å². The van der Waals surface area contributed by atoms with Crippen molar-refractivity contribution in [3.05, 3.63) is 71.6 Å². The number of carbonyl (C=O) groups is 2. The van der Waals surface area contributed by atoms with Gasteiger partial charge >= 0.3 is 0 Å². The Bertz CT molecular complexity index is 1190. The second-order valence-corrected chi connectivity index (χ2v) is 8.69. The summed E-state index contributed by atoms with van der Waals surface area (Å²) in [7, 11) is 0. The molecule has 9 heteroatoms. The van der Waals surface area contributed by atoms with Gasteiger partial charge in [-0.1, -0.05) is 0 Å². The molecule has 0 spiro atoms. The summed E-state index contributed by atoms with van der Waals surface area (Å²) in [4.78, 5) is 30.1. The number of halogens is 2. The van der Waals surface area contributed by atoms with Crippen molar-refractivity contribution in [2.75, 3.05) is 24.6 Å². The summed E-state index contributed by atoms with van der Waals surface area (Å²) in [6.07, 6.45) is 4.90. The first kappa shape index (κ1) is 22.8. The van der Waals surface area contributed by atoms with Crippen LogP contribution in [-0.4, -0.2) is 46.4 Å². The van der Waals surface area contributed by atoms with E-state index in [0.717, 1.165) is 32.9 Å². The topological polar surface area (TPSA) is 89.8 Å². The van der Waals surface area contributed by atoms with Gasteiger partial charge in [-0.3, -0.25) is 9.59 Å². The lowest BCUT2D eigenvalue weighted by atomic mass is 10.1. The monoisotopic (exact) mass is 470 g/mol. The van der Waals surface area contributed by atoms with Gasteiger partial charge in [-0.15, -0.1) is 11.8 Å². The van der Waals surface area contributed by atoms with Crippen LogP contribution >= 0.6 is 11.8 Å². The molecule has 0 fully saturated rings. The first-order chi connectivity index (χ1) is 16.0. The van der Waals surface area contributed by atoms with Crippen molar-refractivity contribution in [1.29, 1.82) is 0 Å². The molecule has 0 atom stereocenters. The summed E-state index contributed by atoms with van der Waals surface area (Å²) in [5.41, 5.74) is 3.49. The molecule has 0 aliphatic heterocycles. The molecule has 2 amide bonds. The first-order valence-corrected chi connectivity index (χ1v) is 11.8. The lowest BCUT2D eigenvalue weighted by Crippen LogP contribution is -2.30. The van der Waals surface area contributed by atoms with E-state index in [-0.39, 0.29) is 35.0 Å². The minimum atomic E-state index is -0.292. The number of benzene rings is 2. The zero-order valence-electron chi connectivity index (χ0n) is 17.8. The molecule has 6 nitrogen and oxygen atoms in total. The van der Waals surface area contributed by atoms with Crippen LogP contribution in [-0.2, 0) is 22.4 Å². The first-order valence-electron chi connectivity index (χ1n) is 10.6. The van der Waals surface area contributed by atoms with Crippen molar-refractivity contribution < 1.29 is 18.4 Å². The van der Waals surface area contributed by atoms with Gasteiger partial charge in [-0.25, -0.2) is 8.78 Å². The fourth-order valence-electron chi connectivity index (χ4n) is 3.74. The Morgan fingerprint density at radius 2 is 1.21 bits per heavy atom. The predicted molar refractivity (Wildman–Crippen MR) is 127 cm³/mol. The average Bonchev–Trinajstić information content (AvgIpc) is 3.37. The zero-order valence-corrected chi connectivity index (χ0v) is 18.7. The van der Waals surface area contributed by atoms with Gasteiger partial charge in [0.25, 0.3) is 0 Å². The Hall–Kier alpha value is -3.33. The molecule has 0 saturated carbocycles. The van der Waals surface area contributed by atoms with Crippen molar-refractivity contribution >= 4 is 45.4 Å². The fraction of sp³-hybridized carbons (Fsp3) is 0.250. The van der Waals surface area contributed by atoms with Gasteiger partial charge in [0.2, 0.25) is 11.8 Å². The zero-order chi connectivity index (χ0) is 23.2. The average molecular weight is 471 g/mol. The molecule has 0 saturated heterocycles. The minimum absolute atomic E-state index is 0.135. The van der Waals surface area contributed by atoms with E-state index >= 15 is 0 Å². The SMILES string of the molecule is O=C(CSCC(=O)NCCc1c[nH]c2cc(F)ccc12)NCCc1c[nH]c2cc(F)ccc12. The molecular formula is C24H24F2N4O2S.